The molecule has 0 saturated carbocycles. The Bertz CT molecular complexity index is 1320. The highest BCUT2D eigenvalue weighted by molar-refractivity contribution is 7.89. The number of benzene rings is 2. The second kappa shape index (κ2) is 9.97. The van der Waals surface area contributed by atoms with E-state index in [1.165, 1.54) is 16.4 Å². The van der Waals surface area contributed by atoms with Crippen molar-refractivity contribution in [2.75, 3.05) is 13.1 Å². The van der Waals surface area contributed by atoms with Crippen molar-refractivity contribution in [2.24, 2.45) is 13.0 Å². The number of hydrogen-bond donors (Lipinski definition) is 1. The highest BCUT2D eigenvalue weighted by Crippen LogP contribution is 2.28. The lowest BCUT2D eigenvalue weighted by Crippen LogP contribution is -2.44. The molecule has 8 nitrogen and oxygen atoms in total. The molecule has 0 spiro atoms. The molecule has 2 heterocycles. The van der Waals surface area contributed by atoms with E-state index in [1.807, 2.05) is 36.0 Å². The summed E-state index contributed by atoms with van der Waals surface area (Å²) in [5.74, 6) is 0.189. The number of nitrogens with zero attached hydrogens (tertiary/aromatic N) is 4. The lowest BCUT2D eigenvalue weighted by Gasteiger charge is -2.31. The van der Waals surface area contributed by atoms with Crippen LogP contribution >= 0.6 is 11.6 Å². The van der Waals surface area contributed by atoms with Gasteiger partial charge >= 0.3 is 0 Å². The van der Waals surface area contributed by atoms with Gasteiger partial charge in [-0.25, -0.2) is 13.4 Å². The maximum atomic E-state index is 13.2. The highest BCUT2D eigenvalue weighted by Gasteiger charge is 2.34. The molecular weight excluding hydrogens is 474 g/mol. The summed E-state index contributed by atoms with van der Waals surface area (Å²) >= 11 is 6.03. The summed E-state index contributed by atoms with van der Waals surface area (Å²) in [4.78, 5) is 17.6. The van der Waals surface area contributed by atoms with Crippen molar-refractivity contribution < 1.29 is 13.2 Å². The van der Waals surface area contributed by atoms with Crippen LogP contribution in [-0.2, 0) is 21.9 Å². The van der Waals surface area contributed by atoms with Gasteiger partial charge in [0, 0.05) is 43.5 Å². The number of piperidine rings is 1. The quantitative estimate of drug-likeness (QED) is 0.562. The Hall–Kier alpha value is -3.19. The minimum absolute atomic E-state index is 0.00186. The molecule has 0 aliphatic carbocycles. The van der Waals surface area contributed by atoms with E-state index < -0.39 is 16.1 Å². The summed E-state index contributed by atoms with van der Waals surface area (Å²) in [6, 6.07) is 14.9. The Morgan fingerprint density at radius 2 is 1.85 bits per heavy atom. The zero-order chi connectivity index (χ0) is 24.3. The number of carbonyl (C=O) groups is 1. The first-order chi connectivity index (χ1) is 16.3. The first kappa shape index (κ1) is 24.0. The van der Waals surface area contributed by atoms with E-state index in [9.17, 15) is 18.5 Å². The first-order valence-electron chi connectivity index (χ1n) is 10.8. The number of aromatic nitrogens is 2. The Balaban J connectivity index is 1.48. The lowest BCUT2D eigenvalue weighted by molar-refractivity contribution is -0.126. The molecule has 1 atom stereocenters. The van der Waals surface area contributed by atoms with Gasteiger partial charge in [-0.05, 0) is 42.7 Å². The Morgan fingerprint density at radius 1 is 1.18 bits per heavy atom. The van der Waals surface area contributed by atoms with E-state index in [4.69, 9.17) is 11.6 Å². The number of aryl methyl sites for hydroxylation is 1. The van der Waals surface area contributed by atoms with Crippen molar-refractivity contribution in [3.63, 3.8) is 0 Å². The van der Waals surface area contributed by atoms with Crippen LogP contribution in [-0.4, -0.2) is 41.3 Å². The summed E-state index contributed by atoms with van der Waals surface area (Å²) < 4.78 is 29.4. The minimum atomic E-state index is -3.81. The Kier molecular flexibility index (Phi) is 7.03. The van der Waals surface area contributed by atoms with Crippen LogP contribution in [0.2, 0.25) is 5.02 Å². The molecule has 1 saturated heterocycles. The molecule has 4 rings (SSSR count). The molecule has 3 aromatic rings. The van der Waals surface area contributed by atoms with Gasteiger partial charge in [-0.2, -0.15) is 9.57 Å². The molecule has 1 aliphatic rings. The second-order valence-corrected chi connectivity index (χ2v) is 10.5. The van der Waals surface area contributed by atoms with E-state index in [0.717, 1.165) is 5.56 Å². The summed E-state index contributed by atoms with van der Waals surface area (Å²) in [6.07, 6.45) is 4.25. The SMILES string of the molecule is Cn1ccnc1C(NC(=O)C1CCN(S(=O)(=O)c2ccccc2C#N)CC1)c1ccc(Cl)cc1. The van der Waals surface area contributed by atoms with E-state index >= 15 is 0 Å². The van der Waals surface area contributed by atoms with Crippen molar-refractivity contribution in [3.05, 3.63) is 82.9 Å². The number of rotatable bonds is 6. The molecular formula is C24H24ClN5O3S. The van der Waals surface area contributed by atoms with Crippen LogP contribution in [0.15, 0.2) is 65.8 Å². The second-order valence-electron chi connectivity index (χ2n) is 8.18. The fourth-order valence-electron chi connectivity index (χ4n) is 4.15. The molecule has 10 heteroatoms. The third-order valence-electron chi connectivity index (χ3n) is 6.06. The van der Waals surface area contributed by atoms with Gasteiger partial charge < -0.3 is 9.88 Å². The van der Waals surface area contributed by atoms with Gasteiger partial charge in [0.25, 0.3) is 0 Å². The van der Waals surface area contributed by atoms with Crippen LogP contribution < -0.4 is 5.32 Å². The van der Waals surface area contributed by atoms with Gasteiger partial charge in [-0.15, -0.1) is 0 Å². The van der Waals surface area contributed by atoms with Gasteiger partial charge in [0.05, 0.1) is 10.5 Å². The van der Waals surface area contributed by atoms with E-state index in [1.54, 1.807) is 30.5 Å². The molecule has 176 valence electrons. The van der Waals surface area contributed by atoms with Gasteiger partial charge in [0.15, 0.2) is 0 Å². The predicted octanol–water partition coefficient (Wildman–Crippen LogP) is 3.25. The van der Waals surface area contributed by atoms with Crippen molar-refractivity contribution >= 4 is 27.5 Å². The number of amides is 1. The maximum Gasteiger partial charge on any atom is 0.244 e. The third kappa shape index (κ3) is 4.85. The summed E-state index contributed by atoms with van der Waals surface area (Å²) in [5.41, 5.74) is 0.961. The summed E-state index contributed by atoms with van der Waals surface area (Å²) in [6.45, 7) is 0.405. The van der Waals surface area contributed by atoms with Crippen molar-refractivity contribution in [2.45, 2.75) is 23.8 Å². The molecule has 1 aliphatic heterocycles. The number of hydrogen-bond acceptors (Lipinski definition) is 5. The molecule has 1 unspecified atom stereocenters. The van der Waals surface area contributed by atoms with E-state index in [0.29, 0.717) is 23.7 Å². The monoisotopic (exact) mass is 497 g/mol. The van der Waals surface area contributed by atoms with Crippen molar-refractivity contribution in [1.82, 2.24) is 19.2 Å². The Morgan fingerprint density at radius 3 is 2.47 bits per heavy atom. The predicted molar refractivity (Wildman–Crippen MR) is 127 cm³/mol. The lowest BCUT2D eigenvalue weighted by atomic mass is 9.96. The number of sulfonamides is 1. The van der Waals surface area contributed by atoms with Crippen LogP contribution in [0.25, 0.3) is 0 Å². The molecule has 0 bridgehead atoms. The molecule has 1 amide bonds. The molecule has 2 aromatic carbocycles. The maximum absolute atomic E-state index is 13.2. The molecule has 34 heavy (non-hydrogen) atoms. The molecule has 0 radical (unpaired) electrons. The molecule has 1 fully saturated rings. The van der Waals surface area contributed by atoms with E-state index in [2.05, 4.69) is 10.3 Å². The van der Waals surface area contributed by atoms with Crippen LogP contribution in [0.1, 0.15) is 35.8 Å². The zero-order valence-corrected chi connectivity index (χ0v) is 20.1. The minimum Gasteiger partial charge on any atom is -0.342 e. The van der Waals surface area contributed by atoms with Gasteiger partial charge in [-0.3, -0.25) is 4.79 Å². The number of carbonyl (C=O) groups excluding carboxylic acids is 1. The van der Waals surface area contributed by atoms with Gasteiger partial charge in [-0.1, -0.05) is 35.9 Å². The number of imidazole rings is 1. The molecule has 1 aromatic heterocycles. The number of halogens is 1. The van der Waals surface area contributed by atoms with Crippen LogP contribution in [0.5, 0.6) is 0 Å². The van der Waals surface area contributed by atoms with E-state index in [-0.39, 0.29) is 35.4 Å². The van der Waals surface area contributed by atoms with Crippen LogP contribution in [0, 0.1) is 17.2 Å². The van der Waals surface area contributed by atoms with Crippen LogP contribution in [0.3, 0.4) is 0 Å². The summed E-state index contributed by atoms with van der Waals surface area (Å²) in [7, 11) is -1.95. The smallest absolute Gasteiger partial charge is 0.244 e. The topological polar surface area (TPSA) is 108 Å². The van der Waals surface area contributed by atoms with Gasteiger partial charge in [0.1, 0.15) is 17.9 Å². The standard InChI is InChI=1S/C24H24ClN5O3S/c1-29-15-12-27-23(29)22(17-6-8-20(25)9-7-17)28-24(31)18-10-13-30(14-11-18)34(32,33)21-5-3-2-4-19(21)16-26/h2-9,12,15,18,22H,10-11,13-14H2,1H3,(H,28,31). The van der Waals surface area contributed by atoms with Crippen molar-refractivity contribution in [3.8, 4) is 6.07 Å². The van der Waals surface area contributed by atoms with Gasteiger partial charge in [0.2, 0.25) is 15.9 Å². The normalized spacial score (nSPS) is 16.0. The van der Waals surface area contributed by atoms with Crippen molar-refractivity contribution in [1.29, 1.82) is 5.26 Å². The zero-order valence-electron chi connectivity index (χ0n) is 18.6. The largest absolute Gasteiger partial charge is 0.342 e. The fraction of sp³-hybridized carbons (Fsp3) is 0.292. The average molecular weight is 498 g/mol. The first-order valence-corrected chi connectivity index (χ1v) is 12.7. The fourth-order valence-corrected chi connectivity index (χ4v) is 5.89. The Labute approximate surface area is 203 Å². The highest BCUT2D eigenvalue weighted by atomic mass is 35.5. The third-order valence-corrected chi connectivity index (χ3v) is 8.27. The average Bonchev–Trinajstić information content (AvgIpc) is 3.28. The van der Waals surface area contributed by atoms with Crippen LogP contribution in [0.4, 0.5) is 0 Å². The molecule has 1 N–H and O–H groups in total. The summed E-state index contributed by atoms with van der Waals surface area (Å²) in [5, 5.41) is 13.0. The number of nitrogens with one attached hydrogen (secondary N) is 1. The number of nitriles is 1.